The monoisotopic (exact) mass is 653 g/mol. The summed E-state index contributed by atoms with van der Waals surface area (Å²) in [4.78, 5) is 17.7. The first-order valence-corrected chi connectivity index (χ1v) is 17.5. The molecule has 0 radical (unpaired) electrons. The van der Waals surface area contributed by atoms with Crippen molar-refractivity contribution in [1.82, 2.24) is 14.1 Å². The van der Waals surface area contributed by atoms with Crippen LogP contribution in [0.1, 0.15) is 76.5 Å². The number of ether oxygens (including phenoxy) is 1. The van der Waals surface area contributed by atoms with Crippen LogP contribution in [0.5, 0.6) is 0 Å². The van der Waals surface area contributed by atoms with Crippen LogP contribution in [-0.4, -0.2) is 69.8 Å². The number of rotatable bonds is 8. The minimum Gasteiger partial charge on any atom is -0.444 e. The molecule has 250 valence electrons. The summed E-state index contributed by atoms with van der Waals surface area (Å²) in [5, 5.41) is 0. The SMILES string of the molecule is CC.CN(CC(CCN1CCC2(CC1)CN(C(=O)OC(C)(C)C)Cc1ccccc12)c1ccccc1)S(=O)c1ccc(F)c(F)c1. The number of carbonyl (C=O) groups excluding carboxylic acids is 1. The molecule has 2 atom stereocenters. The van der Waals surface area contributed by atoms with E-state index >= 15 is 0 Å². The Morgan fingerprint density at radius 3 is 2.28 bits per heavy atom. The van der Waals surface area contributed by atoms with Gasteiger partial charge in [0.15, 0.2) is 11.6 Å². The van der Waals surface area contributed by atoms with E-state index in [0.717, 1.165) is 56.6 Å². The molecule has 2 unspecified atom stereocenters. The summed E-state index contributed by atoms with van der Waals surface area (Å²) in [5.74, 6) is -1.85. The normalized spacial score (nSPS) is 17.5. The molecule has 2 heterocycles. The Hall–Kier alpha value is -3.14. The van der Waals surface area contributed by atoms with Crippen molar-refractivity contribution in [2.75, 3.05) is 39.8 Å². The van der Waals surface area contributed by atoms with Crippen LogP contribution >= 0.6 is 0 Å². The number of fused-ring (bicyclic) bond motifs is 2. The average Bonchev–Trinajstić information content (AvgIpc) is 3.05. The van der Waals surface area contributed by atoms with E-state index in [2.05, 4.69) is 35.2 Å². The van der Waals surface area contributed by atoms with Crippen molar-refractivity contribution in [3.05, 3.63) is 101 Å². The number of halogens is 2. The van der Waals surface area contributed by atoms with Crippen molar-refractivity contribution in [3.8, 4) is 0 Å². The highest BCUT2D eigenvalue weighted by atomic mass is 32.2. The largest absolute Gasteiger partial charge is 0.444 e. The van der Waals surface area contributed by atoms with Gasteiger partial charge in [0, 0.05) is 32.1 Å². The van der Waals surface area contributed by atoms with Crippen molar-refractivity contribution in [2.24, 2.45) is 0 Å². The molecule has 0 bridgehead atoms. The van der Waals surface area contributed by atoms with Crippen LogP contribution in [0, 0.1) is 11.6 Å². The van der Waals surface area contributed by atoms with Crippen LogP contribution in [-0.2, 0) is 27.7 Å². The van der Waals surface area contributed by atoms with E-state index in [-0.39, 0.29) is 22.3 Å². The predicted octanol–water partition coefficient (Wildman–Crippen LogP) is 7.90. The van der Waals surface area contributed by atoms with Crippen molar-refractivity contribution < 1.29 is 22.5 Å². The van der Waals surface area contributed by atoms with Gasteiger partial charge in [-0.3, -0.25) is 0 Å². The van der Waals surface area contributed by atoms with Gasteiger partial charge in [0.25, 0.3) is 0 Å². The number of amides is 1. The highest BCUT2D eigenvalue weighted by Crippen LogP contribution is 2.42. The van der Waals surface area contributed by atoms with Crippen LogP contribution in [0.3, 0.4) is 0 Å². The van der Waals surface area contributed by atoms with Crippen LogP contribution in [0.25, 0.3) is 0 Å². The topological polar surface area (TPSA) is 53.1 Å². The first kappa shape index (κ1) is 35.7. The van der Waals surface area contributed by atoms with Crippen LogP contribution in [0.2, 0.25) is 0 Å². The average molecular weight is 654 g/mol. The van der Waals surface area contributed by atoms with Crippen molar-refractivity contribution >= 4 is 17.1 Å². The minimum absolute atomic E-state index is 0.101. The molecule has 0 saturated carbocycles. The van der Waals surface area contributed by atoms with Crippen molar-refractivity contribution in [2.45, 2.75) is 82.3 Å². The molecule has 2 aliphatic heterocycles. The standard InChI is InChI=1S/C35H43F2N3O3S.C2H6/c1-34(2,3)43-33(41)40-24-28-12-8-9-13-30(28)35(25-40)17-20-39(21-18-35)19-16-27(26-10-6-5-7-11-26)23-38(4)44(42)29-14-15-31(36)32(37)22-29;1-2/h5-15,22,27H,16-21,23-25H2,1-4H3;1-2H3. The Bertz CT molecular complexity index is 1470. The zero-order valence-corrected chi connectivity index (χ0v) is 28.9. The number of hydrogen-bond donors (Lipinski definition) is 0. The highest BCUT2D eigenvalue weighted by Gasteiger charge is 2.44. The Labute approximate surface area is 276 Å². The Morgan fingerprint density at radius 1 is 0.978 bits per heavy atom. The number of nitrogens with zero attached hydrogens (tertiary/aromatic N) is 3. The van der Waals surface area contributed by atoms with Gasteiger partial charge >= 0.3 is 6.09 Å². The maximum absolute atomic E-state index is 13.8. The lowest BCUT2D eigenvalue weighted by Gasteiger charge is -2.48. The van der Waals surface area contributed by atoms with Gasteiger partial charge in [-0.1, -0.05) is 68.4 Å². The molecule has 5 rings (SSSR count). The summed E-state index contributed by atoms with van der Waals surface area (Å²) in [5.41, 5.74) is 3.05. The van der Waals surface area contributed by atoms with Crippen LogP contribution in [0.15, 0.2) is 77.7 Å². The molecule has 1 saturated heterocycles. The summed E-state index contributed by atoms with van der Waals surface area (Å²) in [6.45, 7) is 14.1. The second-order valence-corrected chi connectivity index (χ2v) is 14.7. The molecule has 3 aromatic rings. The molecule has 0 aromatic heterocycles. The molecular formula is C37H49F2N3O3S. The van der Waals surface area contributed by atoms with E-state index in [9.17, 15) is 17.8 Å². The zero-order valence-electron chi connectivity index (χ0n) is 28.1. The minimum atomic E-state index is -1.62. The second kappa shape index (κ2) is 15.6. The smallest absolute Gasteiger partial charge is 0.410 e. The van der Waals surface area contributed by atoms with Crippen LogP contribution in [0.4, 0.5) is 13.6 Å². The van der Waals surface area contributed by atoms with Gasteiger partial charge < -0.3 is 14.5 Å². The number of benzene rings is 3. The molecule has 9 heteroatoms. The van der Waals surface area contributed by atoms with Gasteiger partial charge in [-0.2, -0.15) is 0 Å². The summed E-state index contributed by atoms with van der Waals surface area (Å²) in [7, 11) is 0.137. The molecule has 3 aromatic carbocycles. The van der Waals surface area contributed by atoms with E-state index in [1.807, 2.05) is 63.8 Å². The maximum Gasteiger partial charge on any atom is 0.410 e. The van der Waals surface area contributed by atoms with Gasteiger partial charge in [-0.05, 0) is 100 Å². The van der Waals surface area contributed by atoms with E-state index in [0.29, 0.717) is 19.6 Å². The zero-order chi connectivity index (χ0) is 33.5. The Kier molecular flexibility index (Phi) is 12.1. The second-order valence-electron chi connectivity index (χ2n) is 13.1. The quantitative estimate of drug-likeness (QED) is 0.248. The van der Waals surface area contributed by atoms with Gasteiger partial charge in [0.1, 0.15) is 16.6 Å². The molecule has 2 aliphatic rings. The third kappa shape index (κ3) is 8.81. The van der Waals surface area contributed by atoms with Crippen molar-refractivity contribution in [3.63, 3.8) is 0 Å². The van der Waals surface area contributed by atoms with E-state index < -0.39 is 28.2 Å². The lowest BCUT2D eigenvalue weighted by Crippen LogP contribution is -2.54. The number of hydrogen-bond acceptors (Lipinski definition) is 4. The lowest BCUT2D eigenvalue weighted by atomic mass is 9.69. The summed E-state index contributed by atoms with van der Waals surface area (Å²) >= 11 is 0. The maximum atomic E-state index is 13.8. The first-order chi connectivity index (χ1) is 21.9. The predicted molar refractivity (Wildman–Crippen MR) is 181 cm³/mol. The van der Waals surface area contributed by atoms with Gasteiger partial charge in [0.2, 0.25) is 0 Å². The molecule has 1 spiro atoms. The van der Waals surface area contributed by atoms with E-state index in [1.165, 1.54) is 17.2 Å². The lowest BCUT2D eigenvalue weighted by molar-refractivity contribution is 0.0104. The first-order valence-electron chi connectivity index (χ1n) is 16.4. The van der Waals surface area contributed by atoms with Crippen molar-refractivity contribution in [1.29, 1.82) is 0 Å². The molecular weight excluding hydrogens is 604 g/mol. The van der Waals surface area contributed by atoms with Gasteiger partial charge in [-0.15, -0.1) is 0 Å². The Morgan fingerprint density at radius 2 is 1.63 bits per heavy atom. The molecule has 1 fully saturated rings. The fourth-order valence-electron chi connectivity index (χ4n) is 6.55. The van der Waals surface area contributed by atoms with E-state index in [4.69, 9.17) is 4.74 Å². The number of piperidine rings is 1. The number of carbonyl (C=O) groups is 1. The number of likely N-dealkylation sites (N-methyl/N-ethyl adjacent to an activating group) is 1. The fourth-order valence-corrected chi connectivity index (χ4v) is 7.61. The highest BCUT2D eigenvalue weighted by molar-refractivity contribution is 7.82. The third-order valence-electron chi connectivity index (χ3n) is 8.83. The molecule has 1 amide bonds. The summed E-state index contributed by atoms with van der Waals surface area (Å²) in [6.07, 6.45) is 2.49. The Balaban J connectivity index is 0.00000235. The summed E-state index contributed by atoms with van der Waals surface area (Å²) in [6, 6.07) is 22.1. The third-order valence-corrected chi connectivity index (χ3v) is 10.2. The molecule has 46 heavy (non-hydrogen) atoms. The van der Waals surface area contributed by atoms with E-state index in [1.54, 1.807) is 11.4 Å². The molecule has 0 N–H and O–H groups in total. The number of likely N-dealkylation sites (tertiary alicyclic amines) is 1. The summed E-state index contributed by atoms with van der Waals surface area (Å²) < 4.78 is 48.0. The molecule has 0 aliphatic carbocycles. The molecule has 6 nitrogen and oxygen atoms in total. The van der Waals surface area contributed by atoms with Gasteiger partial charge in [-0.25, -0.2) is 22.1 Å². The van der Waals surface area contributed by atoms with Crippen LogP contribution < -0.4 is 0 Å². The van der Waals surface area contributed by atoms with Gasteiger partial charge in [0.05, 0.1) is 4.90 Å². The fraction of sp³-hybridized carbons (Fsp3) is 0.486.